The lowest BCUT2D eigenvalue weighted by Crippen LogP contribution is -2.55. The number of ether oxygens (including phenoxy) is 1. The molecular formula is C10H20N2O4S. The van der Waals surface area contributed by atoms with E-state index < -0.39 is 16.0 Å². The van der Waals surface area contributed by atoms with E-state index >= 15 is 0 Å². The van der Waals surface area contributed by atoms with Gasteiger partial charge in [0.15, 0.2) is 0 Å². The maximum Gasteiger partial charge on any atom is 0.305 e. The highest BCUT2D eigenvalue weighted by atomic mass is 32.2. The highest BCUT2D eigenvalue weighted by Crippen LogP contribution is 2.28. The Hall–Kier alpha value is -0.660. The van der Waals surface area contributed by atoms with Gasteiger partial charge in [0.05, 0.1) is 12.9 Å². The summed E-state index contributed by atoms with van der Waals surface area (Å²) in [5, 5.41) is 0. The van der Waals surface area contributed by atoms with E-state index in [-0.39, 0.29) is 30.7 Å². The Kier molecular flexibility index (Phi) is 4.91. The second-order valence-electron chi connectivity index (χ2n) is 4.54. The minimum Gasteiger partial charge on any atom is -0.469 e. The zero-order chi connectivity index (χ0) is 12.9. The average Bonchev–Trinajstić information content (AvgIpc) is 2.23. The Balaban J connectivity index is 2.24. The standard InChI is InChI=1S/C10H20N2O4S/c1-16-9(13)4-2-7-17(14,15)12-8-10(11)5-3-6-10/h12H,2-8,11H2,1H3. The van der Waals surface area contributed by atoms with Crippen molar-refractivity contribution in [3.63, 3.8) is 0 Å². The SMILES string of the molecule is COC(=O)CCCS(=O)(=O)NCC1(N)CCC1. The van der Waals surface area contributed by atoms with E-state index in [1.165, 1.54) is 7.11 Å². The summed E-state index contributed by atoms with van der Waals surface area (Å²) in [7, 11) is -2.05. The fourth-order valence-corrected chi connectivity index (χ4v) is 2.82. The fourth-order valence-electron chi connectivity index (χ4n) is 1.64. The topological polar surface area (TPSA) is 98.5 Å². The Morgan fingerprint density at radius 1 is 1.47 bits per heavy atom. The van der Waals surface area contributed by atoms with Gasteiger partial charge < -0.3 is 10.5 Å². The summed E-state index contributed by atoms with van der Waals surface area (Å²) in [6.07, 6.45) is 3.15. The normalized spacial score (nSPS) is 18.5. The molecule has 6 nitrogen and oxygen atoms in total. The molecule has 0 unspecified atom stereocenters. The lowest BCUT2D eigenvalue weighted by Gasteiger charge is -2.38. The number of methoxy groups -OCH3 is 1. The first-order chi connectivity index (χ1) is 7.87. The molecule has 1 aliphatic rings. The molecule has 1 saturated carbocycles. The van der Waals surface area contributed by atoms with Crippen LogP contribution in [-0.2, 0) is 19.6 Å². The number of carbonyl (C=O) groups excluding carboxylic acids is 1. The van der Waals surface area contributed by atoms with Gasteiger partial charge in [0, 0.05) is 18.5 Å². The molecule has 0 amide bonds. The van der Waals surface area contributed by atoms with Crippen molar-refractivity contribution in [2.75, 3.05) is 19.4 Å². The Morgan fingerprint density at radius 3 is 2.59 bits per heavy atom. The van der Waals surface area contributed by atoms with Gasteiger partial charge in [0.1, 0.15) is 0 Å². The van der Waals surface area contributed by atoms with Crippen LogP contribution < -0.4 is 10.5 Å². The van der Waals surface area contributed by atoms with Crippen LogP contribution in [0.25, 0.3) is 0 Å². The lowest BCUT2D eigenvalue weighted by atomic mass is 9.78. The van der Waals surface area contributed by atoms with E-state index in [0.717, 1.165) is 19.3 Å². The van der Waals surface area contributed by atoms with Gasteiger partial charge in [0.25, 0.3) is 0 Å². The molecule has 100 valence electrons. The first-order valence-corrected chi connectivity index (χ1v) is 7.35. The summed E-state index contributed by atoms with van der Waals surface area (Å²) < 4.78 is 30.1. The third kappa shape index (κ3) is 5.01. The van der Waals surface area contributed by atoms with Crippen molar-refractivity contribution in [3.05, 3.63) is 0 Å². The van der Waals surface area contributed by atoms with Crippen LogP contribution in [0.4, 0.5) is 0 Å². The zero-order valence-electron chi connectivity index (χ0n) is 10.1. The molecule has 1 fully saturated rings. The first-order valence-electron chi connectivity index (χ1n) is 5.70. The Labute approximate surface area is 102 Å². The largest absolute Gasteiger partial charge is 0.469 e. The van der Waals surface area contributed by atoms with Crippen molar-refractivity contribution in [3.8, 4) is 0 Å². The van der Waals surface area contributed by atoms with E-state index in [4.69, 9.17) is 5.73 Å². The highest BCUT2D eigenvalue weighted by Gasteiger charge is 2.33. The number of carbonyl (C=O) groups is 1. The van der Waals surface area contributed by atoms with Crippen LogP contribution in [0.2, 0.25) is 0 Å². The number of hydrogen-bond acceptors (Lipinski definition) is 5. The molecule has 0 aromatic heterocycles. The summed E-state index contributed by atoms with van der Waals surface area (Å²) in [4.78, 5) is 10.8. The third-order valence-corrected chi connectivity index (χ3v) is 4.43. The van der Waals surface area contributed by atoms with E-state index in [9.17, 15) is 13.2 Å². The monoisotopic (exact) mass is 264 g/mol. The molecule has 1 aliphatic carbocycles. The molecule has 0 atom stereocenters. The summed E-state index contributed by atoms with van der Waals surface area (Å²) in [6.45, 7) is 0.285. The zero-order valence-corrected chi connectivity index (χ0v) is 10.9. The van der Waals surface area contributed by atoms with Crippen molar-refractivity contribution in [1.82, 2.24) is 4.72 Å². The molecule has 3 N–H and O–H groups in total. The fraction of sp³-hybridized carbons (Fsp3) is 0.900. The summed E-state index contributed by atoms with van der Waals surface area (Å²) in [5.41, 5.74) is 5.54. The van der Waals surface area contributed by atoms with E-state index in [1.54, 1.807) is 0 Å². The van der Waals surface area contributed by atoms with Crippen molar-refractivity contribution in [2.24, 2.45) is 5.73 Å². The van der Waals surface area contributed by atoms with E-state index in [2.05, 4.69) is 9.46 Å². The van der Waals surface area contributed by atoms with Gasteiger partial charge in [0.2, 0.25) is 10.0 Å². The molecule has 0 bridgehead atoms. The van der Waals surface area contributed by atoms with Gasteiger partial charge in [-0.3, -0.25) is 4.79 Å². The molecule has 0 saturated heterocycles. The van der Waals surface area contributed by atoms with Gasteiger partial charge in [-0.2, -0.15) is 0 Å². The smallest absolute Gasteiger partial charge is 0.305 e. The summed E-state index contributed by atoms with van der Waals surface area (Å²) in [6, 6.07) is 0. The number of esters is 1. The van der Waals surface area contributed by atoms with Crippen molar-refractivity contribution in [2.45, 2.75) is 37.6 Å². The van der Waals surface area contributed by atoms with Crippen LogP contribution in [0.1, 0.15) is 32.1 Å². The van der Waals surface area contributed by atoms with Crippen molar-refractivity contribution < 1.29 is 17.9 Å². The lowest BCUT2D eigenvalue weighted by molar-refractivity contribution is -0.140. The second kappa shape index (κ2) is 5.79. The van der Waals surface area contributed by atoms with Crippen LogP contribution in [0.3, 0.4) is 0 Å². The highest BCUT2D eigenvalue weighted by molar-refractivity contribution is 7.89. The summed E-state index contributed by atoms with van der Waals surface area (Å²) in [5.74, 6) is -0.465. The van der Waals surface area contributed by atoms with Crippen LogP contribution in [0.5, 0.6) is 0 Å². The quantitative estimate of drug-likeness (QED) is 0.617. The molecular weight excluding hydrogens is 244 g/mol. The van der Waals surface area contributed by atoms with Gasteiger partial charge >= 0.3 is 5.97 Å². The van der Waals surface area contributed by atoms with Crippen molar-refractivity contribution >= 4 is 16.0 Å². The number of nitrogens with one attached hydrogen (secondary N) is 1. The van der Waals surface area contributed by atoms with Crippen molar-refractivity contribution in [1.29, 1.82) is 0 Å². The predicted octanol–water partition coefficient (Wildman–Crippen LogP) is -0.260. The number of hydrogen-bond donors (Lipinski definition) is 2. The average molecular weight is 264 g/mol. The van der Waals surface area contributed by atoms with E-state index in [0.29, 0.717) is 0 Å². The first kappa shape index (κ1) is 14.4. The van der Waals surface area contributed by atoms with Gasteiger partial charge in [-0.1, -0.05) is 0 Å². The third-order valence-electron chi connectivity index (χ3n) is 3.02. The minimum absolute atomic E-state index is 0.0713. The second-order valence-corrected chi connectivity index (χ2v) is 6.46. The van der Waals surface area contributed by atoms with Crippen LogP contribution >= 0.6 is 0 Å². The molecule has 1 rings (SSSR count). The molecule has 0 aromatic carbocycles. The Morgan fingerprint density at radius 2 is 2.12 bits per heavy atom. The Bertz CT molecular complexity index is 363. The molecule has 0 heterocycles. The maximum atomic E-state index is 11.6. The maximum absolute atomic E-state index is 11.6. The van der Waals surface area contributed by atoms with Gasteiger partial charge in [-0.15, -0.1) is 0 Å². The van der Waals surface area contributed by atoms with Crippen LogP contribution in [0, 0.1) is 0 Å². The molecule has 7 heteroatoms. The van der Waals surface area contributed by atoms with Crippen LogP contribution in [0.15, 0.2) is 0 Å². The van der Waals surface area contributed by atoms with Crippen LogP contribution in [-0.4, -0.2) is 39.3 Å². The number of nitrogens with two attached hydrogens (primary N) is 1. The predicted molar refractivity (Wildman–Crippen MR) is 63.8 cm³/mol. The van der Waals surface area contributed by atoms with Gasteiger partial charge in [-0.05, 0) is 25.7 Å². The van der Waals surface area contributed by atoms with Gasteiger partial charge in [-0.25, -0.2) is 13.1 Å². The minimum atomic E-state index is -3.33. The number of sulfonamides is 1. The number of rotatable bonds is 7. The van der Waals surface area contributed by atoms with E-state index in [1.807, 2.05) is 0 Å². The molecule has 17 heavy (non-hydrogen) atoms. The summed E-state index contributed by atoms with van der Waals surface area (Å²) >= 11 is 0. The molecule has 0 radical (unpaired) electrons. The molecule has 0 spiro atoms. The molecule has 0 aliphatic heterocycles. The molecule has 0 aromatic rings.